The van der Waals surface area contributed by atoms with Crippen molar-refractivity contribution in [2.45, 2.75) is 13.1 Å². The third kappa shape index (κ3) is 3.26. The zero-order valence-corrected chi connectivity index (χ0v) is 11.7. The van der Waals surface area contributed by atoms with Crippen LogP contribution in [0.1, 0.15) is 15.9 Å². The number of ketones is 1. The molecule has 1 aromatic heterocycles. The van der Waals surface area contributed by atoms with E-state index in [1.54, 1.807) is 0 Å². The molecular formula is C18H17N2O+. The van der Waals surface area contributed by atoms with Gasteiger partial charge >= 0.3 is 0 Å². The Bertz CT molecular complexity index is 717. The van der Waals surface area contributed by atoms with Crippen molar-refractivity contribution in [3.8, 4) is 0 Å². The number of carbonyl (C=O) groups excluding carboxylic acids is 1. The quantitative estimate of drug-likeness (QED) is 0.520. The standard InChI is InChI=1S/C18H17N2O/c21-18(17-10-5-2-6-11-17)15-20-13-7-12-19(20)14-16-8-3-1-4-9-16/h1-13H,14-15H2/q+1. The van der Waals surface area contributed by atoms with Crippen LogP contribution >= 0.6 is 0 Å². The van der Waals surface area contributed by atoms with Crippen LogP contribution in [-0.4, -0.2) is 10.5 Å². The maximum atomic E-state index is 12.3. The molecule has 0 saturated carbocycles. The minimum Gasteiger partial charge on any atom is -0.292 e. The fourth-order valence-corrected chi connectivity index (χ4v) is 2.33. The molecule has 0 fully saturated rings. The summed E-state index contributed by atoms with van der Waals surface area (Å²) in [6.07, 6.45) is 3.93. The summed E-state index contributed by atoms with van der Waals surface area (Å²) in [6, 6.07) is 21.6. The molecule has 0 radical (unpaired) electrons. The van der Waals surface area contributed by atoms with Gasteiger partial charge in [-0.2, -0.15) is 4.68 Å². The van der Waals surface area contributed by atoms with Crippen LogP contribution in [-0.2, 0) is 13.1 Å². The zero-order valence-electron chi connectivity index (χ0n) is 11.7. The topological polar surface area (TPSA) is 25.9 Å². The zero-order chi connectivity index (χ0) is 14.5. The lowest BCUT2D eigenvalue weighted by atomic mass is 10.1. The molecule has 2 aromatic carbocycles. The first-order valence-electron chi connectivity index (χ1n) is 7.00. The maximum Gasteiger partial charge on any atom is 0.197 e. The van der Waals surface area contributed by atoms with Crippen molar-refractivity contribution in [1.82, 2.24) is 4.68 Å². The predicted molar refractivity (Wildman–Crippen MR) is 80.9 cm³/mol. The largest absolute Gasteiger partial charge is 0.292 e. The Labute approximate surface area is 124 Å². The number of hydrogen-bond acceptors (Lipinski definition) is 1. The smallest absolute Gasteiger partial charge is 0.197 e. The molecule has 0 aliphatic rings. The molecule has 3 rings (SSSR count). The number of Topliss-reactive ketones (excluding diaryl/α,β-unsaturated/α-hetero) is 1. The second-order valence-electron chi connectivity index (χ2n) is 4.96. The van der Waals surface area contributed by atoms with E-state index in [-0.39, 0.29) is 5.78 Å². The minimum absolute atomic E-state index is 0.119. The van der Waals surface area contributed by atoms with Crippen molar-refractivity contribution in [3.63, 3.8) is 0 Å². The average Bonchev–Trinajstić information content (AvgIpc) is 2.96. The number of benzene rings is 2. The van der Waals surface area contributed by atoms with E-state index < -0.39 is 0 Å². The molecule has 0 atom stereocenters. The summed E-state index contributed by atoms with van der Waals surface area (Å²) < 4.78 is 4.00. The van der Waals surface area contributed by atoms with Crippen LogP contribution in [0.4, 0.5) is 0 Å². The Balaban J connectivity index is 1.75. The van der Waals surface area contributed by atoms with E-state index in [9.17, 15) is 4.79 Å². The van der Waals surface area contributed by atoms with Crippen molar-refractivity contribution in [3.05, 3.63) is 90.3 Å². The summed E-state index contributed by atoms with van der Waals surface area (Å²) in [5.41, 5.74) is 1.96. The maximum absolute atomic E-state index is 12.3. The number of carbonyl (C=O) groups is 1. The summed E-state index contributed by atoms with van der Waals surface area (Å²) in [5.74, 6) is 0.119. The van der Waals surface area contributed by atoms with E-state index in [2.05, 4.69) is 16.8 Å². The number of nitrogens with zero attached hydrogens (tertiary/aromatic N) is 2. The van der Waals surface area contributed by atoms with Gasteiger partial charge in [0.05, 0.1) is 6.20 Å². The summed E-state index contributed by atoms with van der Waals surface area (Å²) in [7, 11) is 0. The highest BCUT2D eigenvalue weighted by Crippen LogP contribution is 2.02. The third-order valence-corrected chi connectivity index (χ3v) is 3.44. The molecule has 0 unspecified atom stereocenters. The van der Waals surface area contributed by atoms with E-state index in [1.807, 2.05) is 71.7 Å². The van der Waals surface area contributed by atoms with Gasteiger partial charge in [-0.25, -0.2) is 0 Å². The van der Waals surface area contributed by atoms with Crippen LogP contribution < -0.4 is 4.68 Å². The number of hydrogen-bond donors (Lipinski definition) is 0. The minimum atomic E-state index is 0.119. The monoisotopic (exact) mass is 277 g/mol. The van der Waals surface area contributed by atoms with Crippen LogP contribution in [0.25, 0.3) is 0 Å². The van der Waals surface area contributed by atoms with Gasteiger partial charge in [-0.15, -0.1) is 4.68 Å². The normalized spacial score (nSPS) is 10.5. The van der Waals surface area contributed by atoms with Gasteiger partial charge < -0.3 is 0 Å². The van der Waals surface area contributed by atoms with Gasteiger partial charge in [-0.05, 0) is 0 Å². The van der Waals surface area contributed by atoms with Crippen LogP contribution in [0.15, 0.2) is 79.1 Å². The number of rotatable bonds is 5. The summed E-state index contributed by atoms with van der Waals surface area (Å²) in [4.78, 5) is 12.3. The molecule has 0 spiro atoms. The molecule has 0 amide bonds. The molecule has 3 nitrogen and oxygen atoms in total. The van der Waals surface area contributed by atoms with Crippen LogP contribution in [0, 0.1) is 0 Å². The molecule has 3 heteroatoms. The highest BCUT2D eigenvalue weighted by molar-refractivity contribution is 5.95. The molecule has 1 heterocycles. The van der Waals surface area contributed by atoms with Gasteiger partial charge in [-0.3, -0.25) is 4.79 Å². The van der Waals surface area contributed by atoms with E-state index in [4.69, 9.17) is 0 Å². The first-order chi connectivity index (χ1) is 10.3. The van der Waals surface area contributed by atoms with Crippen molar-refractivity contribution in [1.29, 1.82) is 0 Å². The van der Waals surface area contributed by atoms with Gasteiger partial charge in [0.25, 0.3) is 0 Å². The van der Waals surface area contributed by atoms with Crippen molar-refractivity contribution < 1.29 is 9.48 Å². The first kappa shape index (κ1) is 13.3. The highest BCUT2D eigenvalue weighted by Gasteiger charge is 2.13. The van der Waals surface area contributed by atoms with Gasteiger partial charge in [0.2, 0.25) is 0 Å². The van der Waals surface area contributed by atoms with E-state index in [0.29, 0.717) is 6.54 Å². The first-order valence-corrected chi connectivity index (χ1v) is 7.00. The molecule has 104 valence electrons. The molecule has 3 aromatic rings. The third-order valence-electron chi connectivity index (χ3n) is 3.44. The Morgan fingerprint density at radius 1 is 0.905 bits per heavy atom. The second-order valence-corrected chi connectivity index (χ2v) is 4.96. The van der Waals surface area contributed by atoms with Crippen LogP contribution in [0.5, 0.6) is 0 Å². The molecule has 0 saturated heterocycles. The fraction of sp³-hybridized carbons (Fsp3) is 0.111. The molecule has 0 aliphatic carbocycles. The Hall–Kier alpha value is -2.68. The molecule has 21 heavy (non-hydrogen) atoms. The molecule has 0 N–H and O–H groups in total. The molecule has 0 bridgehead atoms. The van der Waals surface area contributed by atoms with Crippen molar-refractivity contribution in [2.75, 3.05) is 0 Å². The Morgan fingerprint density at radius 3 is 2.29 bits per heavy atom. The Kier molecular flexibility index (Phi) is 3.92. The number of aromatic nitrogens is 2. The molecule has 0 aliphatic heterocycles. The lowest BCUT2D eigenvalue weighted by molar-refractivity contribution is -0.766. The van der Waals surface area contributed by atoms with E-state index >= 15 is 0 Å². The highest BCUT2D eigenvalue weighted by atomic mass is 16.1. The van der Waals surface area contributed by atoms with Gasteiger partial charge in [-0.1, -0.05) is 60.7 Å². The van der Waals surface area contributed by atoms with E-state index in [0.717, 1.165) is 12.1 Å². The van der Waals surface area contributed by atoms with Crippen molar-refractivity contribution in [2.24, 2.45) is 0 Å². The second kappa shape index (κ2) is 6.18. The molecular weight excluding hydrogens is 260 g/mol. The fourth-order valence-electron chi connectivity index (χ4n) is 2.33. The summed E-state index contributed by atoms with van der Waals surface area (Å²) in [6.45, 7) is 1.11. The predicted octanol–water partition coefficient (Wildman–Crippen LogP) is 2.71. The SMILES string of the molecule is O=C(Cn1ccc[n+]1Cc1ccccc1)c1ccccc1. The lowest BCUT2D eigenvalue weighted by Crippen LogP contribution is -2.44. The lowest BCUT2D eigenvalue weighted by Gasteiger charge is -2.03. The average molecular weight is 277 g/mol. The summed E-state index contributed by atoms with van der Waals surface area (Å²) >= 11 is 0. The van der Waals surface area contributed by atoms with Crippen LogP contribution in [0.3, 0.4) is 0 Å². The Morgan fingerprint density at radius 2 is 1.57 bits per heavy atom. The van der Waals surface area contributed by atoms with Gasteiger partial charge in [0.15, 0.2) is 18.5 Å². The van der Waals surface area contributed by atoms with Crippen LogP contribution in [0.2, 0.25) is 0 Å². The van der Waals surface area contributed by atoms with Crippen molar-refractivity contribution >= 4 is 5.78 Å². The van der Waals surface area contributed by atoms with Gasteiger partial charge in [0, 0.05) is 17.2 Å². The van der Waals surface area contributed by atoms with E-state index in [1.165, 1.54) is 5.56 Å². The summed E-state index contributed by atoms with van der Waals surface area (Å²) in [5, 5.41) is 0. The van der Waals surface area contributed by atoms with Gasteiger partial charge in [0.1, 0.15) is 6.54 Å².